The second kappa shape index (κ2) is 3.49. The first kappa shape index (κ1) is 10.4. The second-order valence-electron chi connectivity index (χ2n) is 5.65. The molecule has 0 aliphatic carbocycles. The van der Waals surface area contributed by atoms with Gasteiger partial charge in [-0.25, -0.2) is 0 Å². The molecule has 0 bridgehead atoms. The molecule has 2 aliphatic rings. The SMILES string of the molecule is CCC(C)(C)N1CCC2(CC1)COC2. The van der Waals surface area contributed by atoms with Crippen LogP contribution in [0.2, 0.25) is 0 Å². The van der Waals surface area contributed by atoms with Gasteiger partial charge < -0.3 is 4.74 Å². The second-order valence-corrected chi connectivity index (χ2v) is 5.65. The fourth-order valence-corrected chi connectivity index (χ4v) is 2.49. The van der Waals surface area contributed by atoms with Gasteiger partial charge in [-0.05, 0) is 46.2 Å². The zero-order valence-corrected chi connectivity index (χ0v) is 9.81. The molecule has 14 heavy (non-hydrogen) atoms. The number of hydrogen-bond donors (Lipinski definition) is 0. The van der Waals surface area contributed by atoms with E-state index in [0.29, 0.717) is 11.0 Å². The van der Waals surface area contributed by atoms with Crippen molar-refractivity contribution in [2.75, 3.05) is 26.3 Å². The topological polar surface area (TPSA) is 12.5 Å². The maximum absolute atomic E-state index is 5.34. The smallest absolute Gasteiger partial charge is 0.0545 e. The van der Waals surface area contributed by atoms with Gasteiger partial charge in [0.1, 0.15) is 0 Å². The van der Waals surface area contributed by atoms with Crippen LogP contribution in [0.15, 0.2) is 0 Å². The number of likely N-dealkylation sites (tertiary alicyclic amines) is 1. The lowest BCUT2D eigenvalue weighted by Crippen LogP contribution is -2.55. The minimum atomic E-state index is 0.395. The standard InChI is InChI=1S/C12H23NO/c1-4-11(2,3)13-7-5-12(6-8-13)9-14-10-12/h4-10H2,1-3H3. The van der Waals surface area contributed by atoms with Gasteiger partial charge in [0.05, 0.1) is 13.2 Å². The Morgan fingerprint density at radius 3 is 2.14 bits per heavy atom. The van der Waals surface area contributed by atoms with Crippen molar-refractivity contribution in [3.63, 3.8) is 0 Å². The summed E-state index contributed by atoms with van der Waals surface area (Å²) in [5, 5.41) is 0. The summed E-state index contributed by atoms with van der Waals surface area (Å²) in [6.07, 6.45) is 3.93. The van der Waals surface area contributed by atoms with Crippen LogP contribution in [-0.2, 0) is 4.74 Å². The van der Waals surface area contributed by atoms with Gasteiger partial charge in [0.25, 0.3) is 0 Å². The molecule has 0 aromatic rings. The van der Waals surface area contributed by atoms with Gasteiger partial charge in [-0.15, -0.1) is 0 Å². The molecule has 0 atom stereocenters. The van der Waals surface area contributed by atoms with Crippen LogP contribution >= 0.6 is 0 Å². The third kappa shape index (κ3) is 1.70. The van der Waals surface area contributed by atoms with Gasteiger partial charge in [-0.3, -0.25) is 4.90 Å². The van der Waals surface area contributed by atoms with E-state index < -0.39 is 0 Å². The average molecular weight is 197 g/mol. The van der Waals surface area contributed by atoms with Crippen LogP contribution in [0, 0.1) is 5.41 Å². The molecule has 2 heteroatoms. The van der Waals surface area contributed by atoms with Crippen LogP contribution in [0.4, 0.5) is 0 Å². The molecule has 2 rings (SSSR count). The summed E-state index contributed by atoms with van der Waals surface area (Å²) < 4.78 is 5.34. The highest BCUT2D eigenvalue weighted by Crippen LogP contribution is 2.40. The van der Waals surface area contributed by atoms with Crippen molar-refractivity contribution in [3.05, 3.63) is 0 Å². The number of nitrogens with zero attached hydrogens (tertiary/aromatic N) is 1. The van der Waals surface area contributed by atoms with Crippen LogP contribution < -0.4 is 0 Å². The lowest BCUT2D eigenvalue weighted by atomic mass is 9.75. The van der Waals surface area contributed by atoms with Crippen LogP contribution in [0.5, 0.6) is 0 Å². The van der Waals surface area contributed by atoms with Gasteiger partial charge in [0.2, 0.25) is 0 Å². The van der Waals surface area contributed by atoms with Crippen LogP contribution in [0.3, 0.4) is 0 Å². The fraction of sp³-hybridized carbons (Fsp3) is 1.00. The monoisotopic (exact) mass is 197 g/mol. The highest BCUT2D eigenvalue weighted by molar-refractivity contribution is 4.94. The number of ether oxygens (including phenoxy) is 1. The molecule has 2 saturated heterocycles. The molecule has 0 aromatic carbocycles. The molecule has 0 unspecified atom stereocenters. The molecular weight excluding hydrogens is 174 g/mol. The first-order valence-electron chi connectivity index (χ1n) is 5.91. The molecule has 1 spiro atoms. The Hall–Kier alpha value is -0.0800. The maximum atomic E-state index is 5.34. The van der Waals surface area contributed by atoms with Crippen molar-refractivity contribution < 1.29 is 4.74 Å². The fourth-order valence-electron chi connectivity index (χ4n) is 2.49. The first-order valence-corrected chi connectivity index (χ1v) is 5.91. The zero-order valence-electron chi connectivity index (χ0n) is 9.81. The summed E-state index contributed by atoms with van der Waals surface area (Å²) in [5.74, 6) is 0. The van der Waals surface area contributed by atoms with Crippen molar-refractivity contribution in [1.29, 1.82) is 0 Å². The molecule has 0 amide bonds. The minimum Gasteiger partial charge on any atom is -0.380 e. The van der Waals surface area contributed by atoms with E-state index in [9.17, 15) is 0 Å². The summed E-state index contributed by atoms with van der Waals surface area (Å²) in [5.41, 5.74) is 0.979. The van der Waals surface area contributed by atoms with E-state index in [-0.39, 0.29) is 0 Å². The third-order valence-electron chi connectivity index (χ3n) is 4.36. The lowest BCUT2D eigenvalue weighted by molar-refractivity contribution is -0.147. The maximum Gasteiger partial charge on any atom is 0.0545 e. The Balaban J connectivity index is 1.89. The Bertz CT molecular complexity index is 198. The minimum absolute atomic E-state index is 0.395. The predicted molar refractivity (Wildman–Crippen MR) is 58.4 cm³/mol. The largest absolute Gasteiger partial charge is 0.380 e. The van der Waals surface area contributed by atoms with Gasteiger partial charge in [0.15, 0.2) is 0 Å². The molecule has 0 N–H and O–H groups in total. The van der Waals surface area contributed by atoms with E-state index in [1.807, 2.05) is 0 Å². The quantitative estimate of drug-likeness (QED) is 0.673. The normalized spacial score (nSPS) is 27.6. The molecule has 82 valence electrons. The Morgan fingerprint density at radius 1 is 1.21 bits per heavy atom. The Morgan fingerprint density at radius 2 is 1.79 bits per heavy atom. The number of hydrogen-bond acceptors (Lipinski definition) is 2. The summed E-state index contributed by atoms with van der Waals surface area (Å²) >= 11 is 0. The average Bonchev–Trinajstić information content (AvgIpc) is 2.16. The molecule has 2 aliphatic heterocycles. The van der Waals surface area contributed by atoms with E-state index in [1.54, 1.807) is 0 Å². The molecule has 0 saturated carbocycles. The van der Waals surface area contributed by atoms with Gasteiger partial charge in [-0.1, -0.05) is 6.92 Å². The summed E-state index contributed by atoms with van der Waals surface area (Å²) in [6, 6.07) is 0. The predicted octanol–water partition coefficient (Wildman–Crippen LogP) is 2.29. The van der Waals surface area contributed by atoms with Crippen molar-refractivity contribution in [2.45, 2.75) is 45.6 Å². The van der Waals surface area contributed by atoms with Crippen LogP contribution in [0.1, 0.15) is 40.0 Å². The van der Waals surface area contributed by atoms with E-state index in [0.717, 1.165) is 13.2 Å². The van der Waals surface area contributed by atoms with E-state index in [4.69, 9.17) is 4.74 Å². The first-order chi connectivity index (χ1) is 6.58. The van der Waals surface area contributed by atoms with E-state index in [2.05, 4.69) is 25.7 Å². The Kier molecular flexibility index (Phi) is 2.61. The van der Waals surface area contributed by atoms with Gasteiger partial charge >= 0.3 is 0 Å². The summed E-state index contributed by atoms with van der Waals surface area (Å²) in [6.45, 7) is 11.6. The van der Waals surface area contributed by atoms with Crippen molar-refractivity contribution >= 4 is 0 Å². The lowest BCUT2D eigenvalue weighted by Gasteiger charge is -2.51. The molecule has 0 radical (unpaired) electrons. The summed E-state index contributed by atoms with van der Waals surface area (Å²) in [7, 11) is 0. The van der Waals surface area contributed by atoms with Crippen molar-refractivity contribution in [3.8, 4) is 0 Å². The molecule has 2 fully saturated rings. The third-order valence-corrected chi connectivity index (χ3v) is 4.36. The summed E-state index contributed by atoms with van der Waals surface area (Å²) in [4.78, 5) is 2.65. The molecule has 2 heterocycles. The van der Waals surface area contributed by atoms with Gasteiger partial charge in [0, 0.05) is 11.0 Å². The molecular formula is C12H23NO. The Labute approximate surface area is 87.6 Å². The van der Waals surface area contributed by atoms with Crippen LogP contribution in [0.25, 0.3) is 0 Å². The van der Waals surface area contributed by atoms with Gasteiger partial charge in [-0.2, -0.15) is 0 Å². The van der Waals surface area contributed by atoms with Crippen molar-refractivity contribution in [1.82, 2.24) is 4.90 Å². The molecule has 2 nitrogen and oxygen atoms in total. The zero-order chi connectivity index (χ0) is 10.2. The highest BCUT2D eigenvalue weighted by atomic mass is 16.5. The van der Waals surface area contributed by atoms with E-state index >= 15 is 0 Å². The number of rotatable bonds is 2. The van der Waals surface area contributed by atoms with Crippen LogP contribution in [-0.4, -0.2) is 36.7 Å². The molecule has 0 aromatic heterocycles. The van der Waals surface area contributed by atoms with E-state index in [1.165, 1.54) is 32.4 Å². The number of piperidine rings is 1. The van der Waals surface area contributed by atoms with Crippen molar-refractivity contribution in [2.24, 2.45) is 5.41 Å². The highest BCUT2D eigenvalue weighted by Gasteiger charge is 2.43.